The van der Waals surface area contributed by atoms with Gasteiger partial charge in [-0.15, -0.1) is 0 Å². The number of rotatable bonds is 4. The van der Waals surface area contributed by atoms with Crippen LogP contribution in [0.4, 0.5) is 10.1 Å². The zero-order valence-electron chi connectivity index (χ0n) is 14.5. The van der Waals surface area contributed by atoms with E-state index in [9.17, 15) is 9.18 Å². The molecule has 0 saturated heterocycles. The van der Waals surface area contributed by atoms with E-state index < -0.39 is 0 Å². The number of carbonyl (C=O) groups excluding carboxylic acids is 1. The molecule has 1 aliphatic heterocycles. The lowest BCUT2D eigenvalue weighted by Gasteiger charge is -2.08. The van der Waals surface area contributed by atoms with Gasteiger partial charge in [0.2, 0.25) is 0 Å². The van der Waals surface area contributed by atoms with Crippen molar-refractivity contribution in [1.29, 1.82) is 0 Å². The second-order valence-electron chi connectivity index (χ2n) is 6.30. The summed E-state index contributed by atoms with van der Waals surface area (Å²) in [4.78, 5) is 12.3. The van der Waals surface area contributed by atoms with Gasteiger partial charge in [0.15, 0.2) is 0 Å². The first-order valence-electron chi connectivity index (χ1n) is 8.49. The van der Waals surface area contributed by atoms with Crippen molar-refractivity contribution in [2.45, 2.75) is 6.61 Å². The molecule has 28 heavy (non-hydrogen) atoms. The molecule has 0 bridgehead atoms. The van der Waals surface area contributed by atoms with Crippen molar-refractivity contribution in [2.24, 2.45) is 0 Å². The summed E-state index contributed by atoms with van der Waals surface area (Å²) in [7, 11) is 0. The van der Waals surface area contributed by atoms with Gasteiger partial charge in [0.1, 0.15) is 18.2 Å². The minimum atomic E-state index is -0.328. The third-order valence-corrected chi connectivity index (χ3v) is 5.07. The Bertz CT molecular complexity index is 1110. The third-order valence-electron chi connectivity index (χ3n) is 4.34. The van der Waals surface area contributed by atoms with E-state index in [2.05, 4.69) is 21.2 Å². The maximum Gasteiger partial charge on any atom is 0.256 e. The van der Waals surface area contributed by atoms with Crippen LogP contribution in [-0.4, -0.2) is 5.91 Å². The molecule has 140 valence electrons. The maximum absolute atomic E-state index is 13.9. The zero-order chi connectivity index (χ0) is 19.7. The molecule has 0 radical (unpaired) electrons. The number of ether oxygens (including phenoxy) is 1. The Labute approximate surface area is 174 Å². The van der Waals surface area contributed by atoms with Crippen LogP contribution >= 0.6 is 27.5 Å². The van der Waals surface area contributed by atoms with E-state index in [1.165, 1.54) is 6.07 Å². The van der Waals surface area contributed by atoms with Gasteiger partial charge in [-0.05, 0) is 48.0 Å². The molecular formula is C22H14BrClFNO2. The zero-order valence-corrected chi connectivity index (χ0v) is 16.9. The van der Waals surface area contributed by atoms with Crippen molar-refractivity contribution >= 4 is 50.8 Å². The molecule has 0 unspecified atom stereocenters. The van der Waals surface area contributed by atoms with Crippen molar-refractivity contribution in [3.05, 3.63) is 92.7 Å². The Balaban J connectivity index is 1.56. The molecule has 1 amide bonds. The summed E-state index contributed by atoms with van der Waals surface area (Å²) in [6.45, 7) is 0.112. The Morgan fingerprint density at radius 2 is 1.96 bits per heavy atom. The van der Waals surface area contributed by atoms with E-state index in [1.807, 2.05) is 24.3 Å². The monoisotopic (exact) mass is 457 g/mol. The lowest BCUT2D eigenvalue weighted by atomic mass is 10.0. The first kappa shape index (κ1) is 18.7. The van der Waals surface area contributed by atoms with E-state index in [0.29, 0.717) is 32.1 Å². The molecule has 0 fully saturated rings. The molecule has 6 heteroatoms. The van der Waals surface area contributed by atoms with Crippen LogP contribution in [0.2, 0.25) is 5.02 Å². The quantitative estimate of drug-likeness (QED) is 0.465. The van der Waals surface area contributed by atoms with Gasteiger partial charge in [-0.25, -0.2) is 4.39 Å². The number of halogens is 3. The van der Waals surface area contributed by atoms with E-state index >= 15 is 0 Å². The summed E-state index contributed by atoms with van der Waals surface area (Å²) in [5.41, 5.74) is 3.33. The predicted molar refractivity (Wildman–Crippen MR) is 113 cm³/mol. The molecule has 3 aromatic carbocycles. The van der Waals surface area contributed by atoms with Crippen molar-refractivity contribution in [2.75, 3.05) is 5.32 Å². The first-order valence-corrected chi connectivity index (χ1v) is 9.66. The average Bonchev–Trinajstić information content (AvgIpc) is 2.96. The second kappa shape index (κ2) is 7.78. The summed E-state index contributed by atoms with van der Waals surface area (Å²) >= 11 is 9.22. The van der Waals surface area contributed by atoms with Crippen molar-refractivity contribution < 1.29 is 13.9 Å². The number of hydrogen-bond acceptors (Lipinski definition) is 2. The number of fused-ring (bicyclic) bond motifs is 1. The van der Waals surface area contributed by atoms with Crippen LogP contribution in [-0.2, 0) is 11.4 Å². The molecule has 3 nitrogen and oxygen atoms in total. The fourth-order valence-corrected chi connectivity index (χ4v) is 3.48. The van der Waals surface area contributed by atoms with Gasteiger partial charge >= 0.3 is 0 Å². The number of hydrogen-bond donors (Lipinski definition) is 1. The number of amides is 1. The highest BCUT2D eigenvalue weighted by Gasteiger charge is 2.24. The fourth-order valence-electron chi connectivity index (χ4n) is 2.97. The summed E-state index contributed by atoms with van der Waals surface area (Å²) < 4.78 is 20.3. The maximum atomic E-state index is 13.9. The molecule has 3 aromatic rings. The molecule has 1 aliphatic rings. The second-order valence-corrected chi connectivity index (χ2v) is 7.65. The molecule has 0 spiro atoms. The Morgan fingerprint density at radius 3 is 2.79 bits per heavy atom. The number of anilines is 1. The smallest absolute Gasteiger partial charge is 0.256 e. The van der Waals surface area contributed by atoms with Gasteiger partial charge < -0.3 is 10.1 Å². The lowest BCUT2D eigenvalue weighted by Crippen LogP contribution is -2.03. The van der Waals surface area contributed by atoms with Gasteiger partial charge in [0.25, 0.3) is 5.91 Å². The molecule has 4 rings (SSSR count). The summed E-state index contributed by atoms with van der Waals surface area (Å²) in [5, 5.41) is 3.38. The number of nitrogens with one attached hydrogen (secondary N) is 1. The molecule has 1 heterocycles. The summed E-state index contributed by atoms with van der Waals surface area (Å²) in [6, 6.07) is 17.5. The number of carbonyl (C=O) groups is 1. The lowest BCUT2D eigenvalue weighted by molar-refractivity contribution is -0.110. The van der Waals surface area contributed by atoms with E-state index in [1.54, 1.807) is 36.4 Å². The van der Waals surface area contributed by atoms with Crippen LogP contribution in [0, 0.1) is 5.82 Å². The highest BCUT2D eigenvalue weighted by Crippen LogP contribution is 2.35. The van der Waals surface area contributed by atoms with Crippen molar-refractivity contribution in [3.63, 3.8) is 0 Å². The number of benzene rings is 3. The Hall–Kier alpha value is -2.63. The third kappa shape index (κ3) is 3.96. The normalized spacial score (nSPS) is 14.1. The van der Waals surface area contributed by atoms with Gasteiger partial charge in [0, 0.05) is 26.2 Å². The van der Waals surface area contributed by atoms with Gasteiger partial charge in [-0.1, -0.05) is 51.8 Å². The molecule has 1 N–H and O–H groups in total. The van der Waals surface area contributed by atoms with Crippen molar-refractivity contribution in [3.8, 4) is 5.75 Å². The molecule has 0 aromatic heterocycles. The summed E-state index contributed by atoms with van der Waals surface area (Å²) in [5.74, 6) is 0.0810. The fraction of sp³-hybridized carbons (Fsp3) is 0.0455. The largest absolute Gasteiger partial charge is 0.489 e. The molecule has 0 atom stereocenters. The van der Waals surface area contributed by atoms with Gasteiger partial charge in [-0.2, -0.15) is 0 Å². The van der Waals surface area contributed by atoms with E-state index in [0.717, 1.165) is 11.1 Å². The van der Waals surface area contributed by atoms with Gasteiger partial charge in [0.05, 0.1) is 5.69 Å². The van der Waals surface area contributed by atoms with Crippen LogP contribution in [0.25, 0.3) is 11.6 Å². The van der Waals surface area contributed by atoms with Crippen LogP contribution in [0.3, 0.4) is 0 Å². The topological polar surface area (TPSA) is 38.3 Å². The van der Waals surface area contributed by atoms with Crippen molar-refractivity contribution in [1.82, 2.24) is 0 Å². The highest BCUT2D eigenvalue weighted by atomic mass is 79.9. The molecular weight excluding hydrogens is 445 g/mol. The van der Waals surface area contributed by atoms with Crippen LogP contribution in [0.1, 0.15) is 16.7 Å². The van der Waals surface area contributed by atoms with E-state index in [4.69, 9.17) is 16.3 Å². The van der Waals surface area contributed by atoms with Crippen LogP contribution < -0.4 is 10.1 Å². The summed E-state index contributed by atoms with van der Waals surface area (Å²) in [6.07, 6.45) is 1.79. The Morgan fingerprint density at radius 1 is 1.11 bits per heavy atom. The standard InChI is InChI=1S/C22H14BrClFNO2/c23-15-5-4-14(20(25)10-15)12-28-17-3-1-2-13(8-17)9-19-18-7-6-16(24)11-21(18)26-22(19)27/h1-11H,12H2,(H,26,27)/b19-9-. The minimum Gasteiger partial charge on any atom is -0.489 e. The highest BCUT2D eigenvalue weighted by molar-refractivity contribution is 9.10. The molecule has 0 saturated carbocycles. The van der Waals surface area contributed by atoms with Crippen LogP contribution in [0.5, 0.6) is 5.75 Å². The SMILES string of the molecule is O=C1Nc2cc(Cl)ccc2/C1=C/c1cccc(OCc2ccc(Br)cc2F)c1. The first-order chi connectivity index (χ1) is 13.5. The Kier molecular flexibility index (Phi) is 5.20. The minimum absolute atomic E-state index is 0.112. The van der Waals surface area contributed by atoms with Gasteiger partial charge in [-0.3, -0.25) is 4.79 Å². The van der Waals surface area contributed by atoms with Crippen LogP contribution in [0.15, 0.2) is 65.1 Å². The molecule has 0 aliphatic carbocycles. The van der Waals surface area contributed by atoms with E-state index in [-0.39, 0.29) is 18.3 Å². The predicted octanol–water partition coefficient (Wildman–Crippen LogP) is 6.31. The average molecular weight is 459 g/mol.